The first kappa shape index (κ1) is 25.9. The minimum absolute atomic E-state index is 0.228. The van der Waals surface area contributed by atoms with Crippen molar-refractivity contribution in [3.8, 4) is 5.75 Å². The summed E-state index contributed by atoms with van der Waals surface area (Å²) < 4.78 is 16.2. The summed E-state index contributed by atoms with van der Waals surface area (Å²) >= 11 is 1.69. The number of hydrogen-bond donors (Lipinski definition) is 1. The number of Topliss-reactive ketones (excluding diaryl/α,β-unsaturated/α-hetero) is 1. The second-order valence-electron chi connectivity index (χ2n) is 8.37. The van der Waals surface area contributed by atoms with Gasteiger partial charge in [0.1, 0.15) is 18.3 Å². The highest BCUT2D eigenvalue weighted by Gasteiger charge is 2.47. The molecule has 0 amide bonds. The molecule has 184 valence electrons. The van der Waals surface area contributed by atoms with Gasteiger partial charge in [-0.2, -0.15) is 11.8 Å². The summed E-state index contributed by atoms with van der Waals surface area (Å²) in [6, 6.07) is 7.39. The maximum Gasteiger partial charge on any atom is 0.336 e. The highest BCUT2D eigenvalue weighted by Crippen LogP contribution is 2.46. The molecule has 8 heteroatoms. The Morgan fingerprint density at radius 3 is 2.68 bits per heavy atom. The van der Waals surface area contributed by atoms with Crippen LogP contribution in [0.5, 0.6) is 5.75 Å². The highest BCUT2D eigenvalue weighted by molar-refractivity contribution is 7.99. The third-order valence-electron chi connectivity index (χ3n) is 6.13. The van der Waals surface area contributed by atoms with Crippen LogP contribution in [0.3, 0.4) is 0 Å². The first-order valence-electron chi connectivity index (χ1n) is 11.6. The molecule has 0 saturated carbocycles. The molecule has 1 aromatic rings. The summed E-state index contributed by atoms with van der Waals surface area (Å²) in [7, 11) is 1.29. The van der Waals surface area contributed by atoms with Crippen molar-refractivity contribution >= 4 is 29.5 Å². The van der Waals surface area contributed by atoms with Crippen LogP contribution in [0.1, 0.15) is 45.6 Å². The molecule has 0 saturated heterocycles. The number of rotatable bonds is 9. The van der Waals surface area contributed by atoms with Crippen molar-refractivity contribution in [2.24, 2.45) is 11.8 Å². The molecule has 0 aromatic heterocycles. The minimum atomic E-state index is -0.917. The minimum Gasteiger partial charge on any atom is -0.494 e. The van der Waals surface area contributed by atoms with Gasteiger partial charge in [-0.1, -0.05) is 26.0 Å². The number of benzene rings is 1. The number of esters is 2. The Morgan fingerprint density at radius 2 is 2.00 bits per heavy atom. The zero-order valence-corrected chi connectivity index (χ0v) is 21.3. The molecule has 34 heavy (non-hydrogen) atoms. The lowest BCUT2D eigenvalue weighted by Gasteiger charge is -2.38. The fraction of sp³-hybridized carbons (Fsp3) is 0.500. The molecular formula is C26H33NO6S. The molecule has 0 bridgehead atoms. The van der Waals surface area contributed by atoms with E-state index in [1.807, 2.05) is 52.0 Å². The molecule has 1 N–H and O–H groups in total. The van der Waals surface area contributed by atoms with E-state index in [-0.39, 0.29) is 18.3 Å². The molecule has 0 unspecified atom stereocenters. The largest absolute Gasteiger partial charge is 0.494 e. The average molecular weight is 488 g/mol. The summed E-state index contributed by atoms with van der Waals surface area (Å²) in [5.74, 6) is -0.888. The zero-order chi connectivity index (χ0) is 24.8. The molecule has 3 atom stereocenters. The summed E-state index contributed by atoms with van der Waals surface area (Å²) in [6.07, 6.45) is 0.495. The summed E-state index contributed by atoms with van der Waals surface area (Å²) in [5.41, 5.74) is 2.92. The molecule has 1 heterocycles. The van der Waals surface area contributed by atoms with Crippen molar-refractivity contribution in [1.82, 2.24) is 5.32 Å². The standard InChI is InChI=1S/C26H33NO6S/c1-6-32-18-10-8-9-17(14-18)22-21(26(30)33-11-12-34-7-2)16(4)27-19-13-15(3)20(25(29)31-5)24(28)23(19)22/h8-10,14-15,20,22,27H,6-7,11-13H2,1-5H3/t15-,20-,22-/m0/s1. The number of methoxy groups -OCH3 is 1. The van der Waals surface area contributed by atoms with Gasteiger partial charge >= 0.3 is 11.9 Å². The van der Waals surface area contributed by atoms with E-state index in [1.54, 1.807) is 11.8 Å². The van der Waals surface area contributed by atoms with E-state index >= 15 is 0 Å². The van der Waals surface area contributed by atoms with E-state index in [2.05, 4.69) is 5.32 Å². The maximum absolute atomic E-state index is 13.7. The average Bonchev–Trinajstić information content (AvgIpc) is 2.81. The smallest absolute Gasteiger partial charge is 0.336 e. The van der Waals surface area contributed by atoms with Crippen molar-refractivity contribution in [2.75, 3.05) is 31.8 Å². The molecular weight excluding hydrogens is 454 g/mol. The Morgan fingerprint density at radius 1 is 1.24 bits per heavy atom. The van der Waals surface area contributed by atoms with E-state index in [0.717, 1.165) is 17.0 Å². The van der Waals surface area contributed by atoms with Crippen LogP contribution in [-0.4, -0.2) is 49.6 Å². The van der Waals surface area contributed by atoms with Crippen LogP contribution in [0.4, 0.5) is 0 Å². The second-order valence-corrected chi connectivity index (χ2v) is 9.77. The summed E-state index contributed by atoms with van der Waals surface area (Å²) in [5, 5.41) is 3.28. The van der Waals surface area contributed by atoms with Crippen molar-refractivity contribution in [3.05, 3.63) is 52.4 Å². The molecule has 1 aliphatic heterocycles. The molecule has 3 rings (SSSR count). The third-order valence-corrected chi connectivity index (χ3v) is 6.99. The third kappa shape index (κ3) is 5.32. The Kier molecular flexibility index (Phi) is 8.83. The van der Waals surface area contributed by atoms with Crippen LogP contribution in [0.2, 0.25) is 0 Å². The second kappa shape index (κ2) is 11.6. The van der Waals surface area contributed by atoms with Crippen LogP contribution < -0.4 is 10.1 Å². The van der Waals surface area contributed by atoms with E-state index < -0.39 is 23.8 Å². The van der Waals surface area contributed by atoms with E-state index in [1.165, 1.54) is 7.11 Å². The topological polar surface area (TPSA) is 90.9 Å². The number of carbonyl (C=O) groups is 3. The molecule has 0 radical (unpaired) electrons. The van der Waals surface area contributed by atoms with Gasteiger partial charge in [0.15, 0.2) is 5.78 Å². The number of ether oxygens (including phenoxy) is 3. The van der Waals surface area contributed by atoms with Gasteiger partial charge in [0, 0.05) is 28.6 Å². The van der Waals surface area contributed by atoms with Crippen LogP contribution in [0.25, 0.3) is 0 Å². The van der Waals surface area contributed by atoms with Crippen molar-refractivity contribution in [2.45, 2.75) is 40.0 Å². The van der Waals surface area contributed by atoms with Crippen LogP contribution in [0.15, 0.2) is 46.8 Å². The first-order chi connectivity index (χ1) is 16.3. The maximum atomic E-state index is 13.7. The number of carbonyl (C=O) groups excluding carboxylic acids is 3. The Balaban J connectivity index is 2.09. The lowest BCUT2D eigenvalue weighted by atomic mass is 9.69. The fourth-order valence-electron chi connectivity index (χ4n) is 4.65. The molecule has 0 fully saturated rings. The van der Waals surface area contributed by atoms with Crippen LogP contribution in [0, 0.1) is 11.8 Å². The summed E-state index contributed by atoms with van der Waals surface area (Å²) in [4.78, 5) is 39.5. The summed E-state index contributed by atoms with van der Waals surface area (Å²) in [6.45, 7) is 8.40. The predicted octanol–water partition coefficient (Wildman–Crippen LogP) is 3.99. The van der Waals surface area contributed by atoms with Crippen LogP contribution >= 0.6 is 11.8 Å². The monoisotopic (exact) mass is 487 g/mol. The van der Waals surface area contributed by atoms with Gasteiger partial charge in [0.25, 0.3) is 0 Å². The van der Waals surface area contributed by atoms with Crippen molar-refractivity contribution in [3.63, 3.8) is 0 Å². The van der Waals surface area contributed by atoms with E-state index in [9.17, 15) is 14.4 Å². The van der Waals surface area contributed by atoms with Gasteiger partial charge in [0.05, 0.1) is 19.3 Å². The van der Waals surface area contributed by atoms with E-state index in [0.29, 0.717) is 41.4 Å². The number of allylic oxidation sites excluding steroid dienone is 3. The van der Waals surface area contributed by atoms with Crippen molar-refractivity contribution in [1.29, 1.82) is 0 Å². The van der Waals surface area contributed by atoms with Gasteiger partial charge in [-0.05, 0) is 49.6 Å². The number of nitrogens with one attached hydrogen (secondary N) is 1. The van der Waals surface area contributed by atoms with Gasteiger partial charge < -0.3 is 19.5 Å². The molecule has 2 aliphatic rings. The van der Waals surface area contributed by atoms with Gasteiger partial charge in [0.2, 0.25) is 0 Å². The van der Waals surface area contributed by atoms with Crippen LogP contribution in [-0.2, 0) is 23.9 Å². The number of thioether (sulfide) groups is 1. The Labute approximate surface area is 205 Å². The normalized spacial score (nSPS) is 22.1. The number of hydrogen-bond acceptors (Lipinski definition) is 8. The number of dihydropyridines is 1. The van der Waals surface area contributed by atoms with E-state index in [4.69, 9.17) is 14.2 Å². The molecule has 1 aromatic carbocycles. The lowest BCUT2D eigenvalue weighted by molar-refractivity contribution is -0.151. The Bertz CT molecular complexity index is 1010. The highest BCUT2D eigenvalue weighted by atomic mass is 32.2. The fourth-order valence-corrected chi connectivity index (χ4v) is 5.14. The molecule has 0 spiro atoms. The lowest BCUT2D eigenvalue weighted by Crippen LogP contribution is -2.43. The first-order valence-corrected chi connectivity index (χ1v) is 12.8. The van der Waals surface area contributed by atoms with Gasteiger partial charge in [-0.25, -0.2) is 4.79 Å². The SMILES string of the molecule is CCOc1cccc([C@H]2C(C(=O)OCCSCC)=C(C)NC3=C2C(=O)[C@@H](C(=O)OC)[C@@H](C)C3)c1. The quantitative estimate of drug-likeness (QED) is 0.318. The Hall–Kier alpha value is -2.74. The molecule has 1 aliphatic carbocycles. The van der Waals surface area contributed by atoms with Crippen molar-refractivity contribution < 1.29 is 28.6 Å². The predicted molar refractivity (Wildman–Crippen MR) is 131 cm³/mol. The van der Waals surface area contributed by atoms with Gasteiger partial charge in [-0.15, -0.1) is 0 Å². The van der Waals surface area contributed by atoms with Gasteiger partial charge in [-0.3, -0.25) is 9.59 Å². The number of ketones is 1. The zero-order valence-electron chi connectivity index (χ0n) is 20.4. The molecule has 7 nitrogen and oxygen atoms in total.